The van der Waals surface area contributed by atoms with Crippen molar-refractivity contribution >= 4 is 29.4 Å². The maximum Gasteiger partial charge on any atom is 0.307 e. The Morgan fingerprint density at radius 3 is 2.28 bits per heavy atom. The van der Waals surface area contributed by atoms with Crippen LogP contribution in [-0.2, 0) is 25.6 Å². The molecule has 0 bridgehead atoms. The van der Waals surface area contributed by atoms with Gasteiger partial charge in [-0.05, 0) is 24.5 Å². The highest BCUT2D eigenvalue weighted by atomic mass is 16.4. The Hall–Kier alpha value is -2.70. The molecule has 1 saturated heterocycles. The number of rotatable bonds is 5. The van der Waals surface area contributed by atoms with E-state index < -0.39 is 11.9 Å². The standard InChI is InChI=1S/C18H20N2O5/c21-15(19-14-8-4-1-5-11(14)9-16(22)23)10-20-17(24)12-6-2-3-7-13(12)18(20)25/h1,4-5,8,12-13H,2-3,6-7,9-10H2,(H,19,21)(H,22,23). The van der Waals surface area contributed by atoms with Crippen LogP contribution in [0.25, 0.3) is 0 Å². The summed E-state index contributed by atoms with van der Waals surface area (Å²) in [6.45, 7) is -0.327. The van der Waals surface area contributed by atoms with E-state index in [4.69, 9.17) is 5.11 Å². The lowest BCUT2D eigenvalue weighted by Crippen LogP contribution is -2.38. The first-order valence-corrected chi connectivity index (χ1v) is 8.42. The predicted molar refractivity (Wildman–Crippen MR) is 88.6 cm³/mol. The van der Waals surface area contributed by atoms with Gasteiger partial charge in [-0.1, -0.05) is 31.0 Å². The first-order chi connectivity index (χ1) is 12.0. The molecular weight excluding hydrogens is 324 g/mol. The number of carbonyl (C=O) groups is 4. The Morgan fingerprint density at radius 1 is 1.08 bits per heavy atom. The minimum Gasteiger partial charge on any atom is -0.481 e. The van der Waals surface area contributed by atoms with Gasteiger partial charge in [0.2, 0.25) is 17.7 Å². The number of aliphatic carboxylic acids is 1. The van der Waals surface area contributed by atoms with Gasteiger partial charge in [0.05, 0.1) is 18.3 Å². The Bertz CT molecular complexity index is 706. The van der Waals surface area contributed by atoms with Crippen LogP contribution < -0.4 is 5.32 Å². The number of fused-ring (bicyclic) bond motifs is 1. The van der Waals surface area contributed by atoms with Gasteiger partial charge in [0.15, 0.2) is 0 Å². The van der Waals surface area contributed by atoms with E-state index in [2.05, 4.69) is 5.32 Å². The molecule has 1 aromatic carbocycles. The summed E-state index contributed by atoms with van der Waals surface area (Å²) < 4.78 is 0. The third kappa shape index (κ3) is 3.55. The maximum absolute atomic E-state index is 12.4. The van der Waals surface area contributed by atoms with Crippen molar-refractivity contribution in [1.82, 2.24) is 4.90 Å². The predicted octanol–water partition coefficient (Wildman–Crippen LogP) is 1.43. The average molecular weight is 344 g/mol. The number of carboxylic acid groups (broad SMARTS) is 1. The van der Waals surface area contributed by atoms with Crippen LogP contribution in [0.15, 0.2) is 24.3 Å². The molecule has 3 amide bonds. The molecule has 0 spiro atoms. The number of nitrogens with one attached hydrogen (secondary N) is 1. The zero-order valence-electron chi connectivity index (χ0n) is 13.7. The van der Waals surface area contributed by atoms with E-state index >= 15 is 0 Å². The summed E-state index contributed by atoms with van der Waals surface area (Å²) in [6.07, 6.45) is 3.05. The van der Waals surface area contributed by atoms with Crippen LogP contribution in [0.5, 0.6) is 0 Å². The molecule has 1 heterocycles. The molecule has 0 radical (unpaired) electrons. The number of likely N-dealkylation sites (tertiary alicyclic amines) is 1. The number of carboxylic acids is 1. The molecule has 3 rings (SSSR count). The molecule has 7 heteroatoms. The number of imide groups is 1. The lowest BCUT2D eigenvalue weighted by Gasteiger charge is -2.19. The van der Waals surface area contributed by atoms with Crippen LogP contribution in [-0.4, -0.2) is 40.2 Å². The largest absolute Gasteiger partial charge is 0.481 e. The van der Waals surface area contributed by atoms with Crippen LogP contribution in [0.3, 0.4) is 0 Å². The summed E-state index contributed by atoms with van der Waals surface area (Å²) in [4.78, 5) is 49.1. The van der Waals surface area contributed by atoms with Crippen LogP contribution >= 0.6 is 0 Å². The van der Waals surface area contributed by atoms with Crippen molar-refractivity contribution in [2.45, 2.75) is 32.1 Å². The third-order valence-corrected chi connectivity index (χ3v) is 4.87. The van der Waals surface area contributed by atoms with Gasteiger partial charge >= 0.3 is 5.97 Å². The molecule has 1 aromatic rings. The van der Waals surface area contributed by atoms with Crippen LogP contribution in [0, 0.1) is 11.8 Å². The zero-order valence-corrected chi connectivity index (χ0v) is 13.7. The van der Waals surface area contributed by atoms with Crippen molar-refractivity contribution in [2.75, 3.05) is 11.9 Å². The average Bonchev–Trinajstić information content (AvgIpc) is 2.82. The minimum atomic E-state index is -1.00. The van der Waals surface area contributed by atoms with E-state index in [-0.39, 0.29) is 36.6 Å². The first kappa shape index (κ1) is 17.1. The number of nitrogens with zero attached hydrogens (tertiary/aromatic N) is 1. The van der Waals surface area contributed by atoms with E-state index in [1.54, 1.807) is 24.3 Å². The molecule has 132 valence electrons. The third-order valence-electron chi connectivity index (χ3n) is 4.87. The van der Waals surface area contributed by atoms with Gasteiger partial charge in [0.25, 0.3) is 0 Å². The van der Waals surface area contributed by atoms with E-state index in [0.717, 1.165) is 17.7 Å². The monoisotopic (exact) mass is 344 g/mol. The van der Waals surface area contributed by atoms with Crippen LogP contribution in [0.2, 0.25) is 0 Å². The number of anilines is 1. The molecule has 1 aliphatic carbocycles. The molecule has 2 atom stereocenters. The van der Waals surface area contributed by atoms with Gasteiger partial charge in [-0.3, -0.25) is 24.1 Å². The molecular formula is C18H20N2O5. The normalized spacial score (nSPS) is 22.6. The van der Waals surface area contributed by atoms with Crippen molar-refractivity contribution in [3.05, 3.63) is 29.8 Å². The fourth-order valence-electron chi connectivity index (χ4n) is 3.68. The lowest BCUT2D eigenvalue weighted by atomic mass is 9.81. The Labute approximate surface area is 145 Å². The Balaban J connectivity index is 1.68. The number of para-hydroxylation sites is 1. The maximum atomic E-state index is 12.4. The molecule has 25 heavy (non-hydrogen) atoms. The topological polar surface area (TPSA) is 104 Å². The first-order valence-electron chi connectivity index (χ1n) is 8.42. The summed E-state index contributed by atoms with van der Waals surface area (Å²) in [6, 6.07) is 6.59. The SMILES string of the molecule is O=C(O)Cc1ccccc1NC(=O)CN1C(=O)C2CCCCC2C1=O. The van der Waals surface area contributed by atoms with Gasteiger partial charge in [0.1, 0.15) is 6.54 Å². The molecule has 1 saturated carbocycles. The zero-order chi connectivity index (χ0) is 18.0. The smallest absolute Gasteiger partial charge is 0.307 e. The summed E-state index contributed by atoms with van der Waals surface area (Å²) in [5.41, 5.74) is 0.850. The van der Waals surface area contributed by atoms with Gasteiger partial charge < -0.3 is 10.4 Å². The summed E-state index contributed by atoms with van der Waals surface area (Å²) in [5.74, 6) is -2.59. The number of hydrogen-bond donors (Lipinski definition) is 2. The number of amides is 3. The molecule has 2 unspecified atom stereocenters. The molecule has 2 aliphatic rings. The molecule has 1 aliphatic heterocycles. The molecule has 2 fully saturated rings. The van der Waals surface area contributed by atoms with E-state index in [1.807, 2.05) is 0 Å². The van der Waals surface area contributed by atoms with E-state index in [9.17, 15) is 19.2 Å². The Kier molecular flexibility index (Phi) is 4.83. The molecule has 2 N–H and O–H groups in total. The van der Waals surface area contributed by atoms with E-state index in [1.165, 1.54) is 0 Å². The van der Waals surface area contributed by atoms with Crippen molar-refractivity contribution in [3.8, 4) is 0 Å². The van der Waals surface area contributed by atoms with Gasteiger partial charge in [0, 0.05) is 5.69 Å². The van der Waals surface area contributed by atoms with Crippen molar-refractivity contribution in [1.29, 1.82) is 0 Å². The van der Waals surface area contributed by atoms with E-state index in [0.29, 0.717) is 24.1 Å². The highest BCUT2D eigenvalue weighted by Crippen LogP contribution is 2.37. The summed E-state index contributed by atoms with van der Waals surface area (Å²) in [5, 5.41) is 11.5. The lowest BCUT2D eigenvalue weighted by molar-refractivity contribution is -0.142. The van der Waals surface area contributed by atoms with Crippen LogP contribution in [0.4, 0.5) is 5.69 Å². The van der Waals surface area contributed by atoms with Gasteiger partial charge in [-0.15, -0.1) is 0 Å². The Morgan fingerprint density at radius 2 is 1.68 bits per heavy atom. The second-order valence-corrected chi connectivity index (χ2v) is 6.54. The number of hydrogen-bond acceptors (Lipinski definition) is 4. The highest BCUT2D eigenvalue weighted by Gasteiger charge is 2.48. The molecule has 7 nitrogen and oxygen atoms in total. The fraction of sp³-hybridized carbons (Fsp3) is 0.444. The summed E-state index contributed by atoms with van der Waals surface area (Å²) in [7, 11) is 0. The minimum absolute atomic E-state index is 0.220. The summed E-state index contributed by atoms with van der Waals surface area (Å²) >= 11 is 0. The fourth-order valence-corrected chi connectivity index (χ4v) is 3.68. The number of carbonyl (C=O) groups excluding carboxylic acids is 3. The van der Waals surface area contributed by atoms with Crippen molar-refractivity contribution < 1.29 is 24.3 Å². The van der Waals surface area contributed by atoms with Gasteiger partial charge in [-0.25, -0.2) is 0 Å². The second kappa shape index (κ2) is 7.04. The quantitative estimate of drug-likeness (QED) is 0.787. The van der Waals surface area contributed by atoms with Crippen molar-refractivity contribution in [2.24, 2.45) is 11.8 Å². The van der Waals surface area contributed by atoms with Gasteiger partial charge in [-0.2, -0.15) is 0 Å². The van der Waals surface area contributed by atoms with Crippen LogP contribution in [0.1, 0.15) is 31.2 Å². The van der Waals surface area contributed by atoms with Crippen molar-refractivity contribution in [3.63, 3.8) is 0 Å². The second-order valence-electron chi connectivity index (χ2n) is 6.54. The molecule has 0 aromatic heterocycles. The highest BCUT2D eigenvalue weighted by molar-refractivity contribution is 6.08. The number of benzene rings is 1.